The number of hydrogen-bond donors (Lipinski definition) is 1. The van der Waals surface area contributed by atoms with Gasteiger partial charge >= 0.3 is 0 Å². The number of carbonyl (C=O) groups is 2. The Morgan fingerprint density at radius 1 is 1.03 bits per heavy atom. The number of ether oxygens (including phenoxy) is 1. The molecule has 1 aliphatic rings. The quantitative estimate of drug-likeness (QED) is 0.510. The van der Waals surface area contributed by atoms with E-state index in [2.05, 4.69) is 28.2 Å². The number of rotatable bonds is 7. The summed E-state index contributed by atoms with van der Waals surface area (Å²) in [4.78, 5) is 27.5. The number of anilines is 1. The average molecular weight is 473 g/mol. The molecular formula is C24H29BrN2O3. The highest BCUT2D eigenvalue weighted by Crippen LogP contribution is 2.25. The maximum Gasteiger partial charge on any atom is 0.259 e. The lowest BCUT2D eigenvalue weighted by molar-refractivity contribution is 0.0761. The molecule has 0 radical (unpaired) electrons. The second kappa shape index (κ2) is 11.2. The zero-order valence-corrected chi connectivity index (χ0v) is 19.0. The minimum Gasteiger partial charge on any atom is -0.493 e. The molecule has 1 N–H and O–H groups in total. The second-order valence-corrected chi connectivity index (χ2v) is 8.50. The number of amides is 2. The lowest BCUT2D eigenvalue weighted by Gasteiger charge is -2.20. The molecule has 2 amide bonds. The van der Waals surface area contributed by atoms with Crippen LogP contribution in [0, 0.1) is 0 Å². The number of hydrogen-bond acceptors (Lipinski definition) is 3. The molecule has 1 fully saturated rings. The molecule has 0 aliphatic carbocycles. The molecule has 0 aromatic heterocycles. The molecule has 1 aliphatic heterocycles. The summed E-state index contributed by atoms with van der Waals surface area (Å²) in [5.74, 6) is 0.389. The summed E-state index contributed by atoms with van der Waals surface area (Å²) < 4.78 is 6.60. The van der Waals surface area contributed by atoms with E-state index in [1.165, 1.54) is 12.8 Å². The molecule has 0 saturated carbocycles. The van der Waals surface area contributed by atoms with Gasteiger partial charge in [0.05, 0.1) is 12.2 Å². The van der Waals surface area contributed by atoms with Crippen LogP contribution >= 0.6 is 15.9 Å². The SMILES string of the molecule is CCCCOc1ccc(Br)cc1C(=O)Nc1ccc(C(=O)N2CCCCCC2)cc1. The fourth-order valence-electron chi connectivity index (χ4n) is 3.48. The van der Waals surface area contributed by atoms with Gasteiger partial charge in [-0.05, 0) is 61.7 Å². The third kappa shape index (κ3) is 6.08. The summed E-state index contributed by atoms with van der Waals surface area (Å²) in [6, 6.07) is 12.5. The molecule has 2 aromatic rings. The minimum atomic E-state index is -0.241. The van der Waals surface area contributed by atoms with Gasteiger partial charge in [-0.25, -0.2) is 0 Å². The first-order chi connectivity index (χ1) is 14.6. The topological polar surface area (TPSA) is 58.6 Å². The fraction of sp³-hybridized carbons (Fsp3) is 0.417. The Balaban J connectivity index is 1.67. The van der Waals surface area contributed by atoms with E-state index in [9.17, 15) is 9.59 Å². The van der Waals surface area contributed by atoms with Crippen molar-refractivity contribution < 1.29 is 14.3 Å². The third-order valence-electron chi connectivity index (χ3n) is 5.22. The van der Waals surface area contributed by atoms with Crippen LogP contribution in [0.2, 0.25) is 0 Å². The summed E-state index contributed by atoms with van der Waals surface area (Å²) in [5, 5.41) is 2.91. The predicted octanol–water partition coefficient (Wildman–Crippen LogP) is 5.90. The molecule has 3 rings (SSSR count). The molecule has 1 saturated heterocycles. The van der Waals surface area contributed by atoms with Gasteiger partial charge in [-0.1, -0.05) is 42.1 Å². The van der Waals surface area contributed by atoms with E-state index >= 15 is 0 Å². The van der Waals surface area contributed by atoms with Crippen LogP contribution in [-0.4, -0.2) is 36.4 Å². The molecule has 30 heavy (non-hydrogen) atoms. The summed E-state index contributed by atoms with van der Waals surface area (Å²) in [5.41, 5.74) is 1.78. The van der Waals surface area contributed by atoms with Crippen LogP contribution in [-0.2, 0) is 0 Å². The highest BCUT2D eigenvalue weighted by molar-refractivity contribution is 9.10. The molecule has 0 atom stereocenters. The van der Waals surface area contributed by atoms with Crippen molar-refractivity contribution in [3.05, 3.63) is 58.1 Å². The highest BCUT2D eigenvalue weighted by atomic mass is 79.9. The van der Waals surface area contributed by atoms with Gasteiger partial charge in [-0.3, -0.25) is 9.59 Å². The Hall–Kier alpha value is -2.34. The normalized spacial score (nSPS) is 14.1. The van der Waals surface area contributed by atoms with E-state index < -0.39 is 0 Å². The minimum absolute atomic E-state index is 0.0633. The fourth-order valence-corrected chi connectivity index (χ4v) is 3.84. The van der Waals surface area contributed by atoms with E-state index in [1.807, 2.05) is 11.0 Å². The van der Waals surface area contributed by atoms with E-state index in [0.29, 0.717) is 29.2 Å². The van der Waals surface area contributed by atoms with Gasteiger partial charge in [0, 0.05) is 28.8 Å². The lowest BCUT2D eigenvalue weighted by atomic mass is 10.1. The van der Waals surface area contributed by atoms with Gasteiger partial charge in [0.2, 0.25) is 0 Å². The van der Waals surface area contributed by atoms with E-state index in [4.69, 9.17) is 4.74 Å². The van der Waals surface area contributed by atoms with Crippen LogP contribution in [0.1, 0.15) is 66.2 Å². The first-order valence-corrected chi connectivity index (χ1v) is 11.5. The molecule has 5 nitrogen and oxygen atoms in total. The molecule has 1 heterocycles. The molecule has 0 unspecified atom stereocenters. The number of carbonyl (C=O) groups excluding carboxylic acids is 2. The van der Waals surface area contributed by atoms with Crippen LogP contribution in [0.15, 0.2) is 46.9 Å². The Morgan fingerprint density at radius 3 is 2.40 bits per heavy atom. The monoisotopic (exact) mass is 472 g/mol. The Bertz CT molecular complexity index is 859. The van der Waals surface area contributed by atoms with Gasteiger partial charge in [0.25, 0.3) is 11.8 Å². The van der Waals surface area contributed by atoms with Gasteiger partial charge in [0.15, 0.2) is 0 Å². The zero-order chi connectivity index (χ0) is 21.3. The number of likely N-dealkylation sites (tertiary alicyclic amines) is 1. The number of benzene rings is 2. The van der Waals surface area contributed by atoms with Gasteiger partial charge in [0.1, 0.15) is 5.75 Å². The average Bonchev–Trinajstić information content (AvgIpc) is 3.04. The molecule has 6 heteroatoms. The number of unbranched alkanes of at least 4 members (excludes halogenated alkanes) is 1. The van der Waals surface area contributed by atoms with Gasteiger partial charge in [-0.2, -0.15) is 0 Å². The summed E-state index contributed by atoms with van der Waals surface area (Å²) in [6.07, 6.45) is 6.47. The maximum atomic E-state index is 12.8. The van der Waals surface area contributed by atoms with Crippen LogP contribution in [0.5, 0.6) is 5.75 Å². The number of halogens is 1. The smallest absolute Gasteiger partial charge is 0.259 e. The van der Waals surface area contributed by atoms with Crippen molar-refractivity contribution in [3.8, 4) is 5.75 Å². The number of nitrogens with zero attached hydrogens (tertiary/aromatic N) is 1. The van der Waals surface area contributed by atoms with Gasteiger partial charge < -0.3 is 15.0 Å². The number of nitrogens with one attached hydrogen (secondary N) is 1. The Labute approximate surface area is 186 Å². The first kappa shape index (κ1) is 22.3. The highest BCUT2D eigenvalue weighted by Gasteiger charge is 2.18. The van der Waals surface area contributed by atoms with Crippen molar-refractivity contribution >= 4 is 33.4 Å². The van der Waals surface area contributed by atoms with Crippen molar-refractivity contribution in [3.63, 3.8) is 0 Å². The van der Waals surface area contributed by atoms with Crippen LogP contribution in [0.3, 0.4) is 0 Å². The molecule has 0 spiro atoms. The van der Waals surface area contributed by atoms with E-state index in [-0.39, 0.29) is 11.8 Å². The molecule has 160 valence electrons. The third-order valence-corrected chi connectivity index (χ3v) is 5.72. The molecule has 0 bridgehead atoms. The predicted molar refractivity (Wildman–Crippen MR) is 123 cm³/mol. The zero-order valence-electron chi connectivity index (χ0n) is 17.5. The van der Waals surface area contributed by atoms with E-state index in [0.717, 1.165) is 43.2 Å². The first-order valence-electron chi connectivity index (χ1n) is 10.7. The Kier molecular flexibility index (Phi) is 8.31. The molecule has 2 aromatic carbocycles. The summed E-state index contributed by atoms with van der Waals surface area (Å²) in [7, 11) is 0. The van der Waals surface area contributed by atoms with E-state index in [1.54, 1.807) is 36.4 Å². The maximum absolute atomic E-state index is 12.8. The van der Waals surface area contributed by atoms with Crippen LogP contribution < -0.4 is 10.1 Å². The van der Waals surface area contributed by atoms with Crippen molar-refractivity contribution in [1.29, 1.82) is 0 Å². The van der Waals surface area contributed by atoms with Crippen molar-refractivity contribution in [2.24, 2.45) is 0 Å². The van der Waals surface area contributed by atoms with Crippen LogP contribution in [0.25, 0.3) is 0 Å². The van der Waals surface area contributed by atoms with Crippen molar-refractivity contribution in [2.75, 3.05) is 25.0 Å². The van der Waals surface area contributed by atoms with Crippen LogP contribution in [0.4, 0.5) is 5.69 Å². The lowest BCUT2D eigenvalue weighted by Crippen LogP contribution is -2.31. The van der Waals surface area contributed by atoms with Crippen molar-refractivity contribution in [2.45, 2.75) is 45.4 Å². The summed E-state index contributed by atoms with van der Waals surface area (Å²) in [6.45, 7) is 4.31. The standard InChI is InChI=1S/C24H29BrN2O3/c1-2-3-16-30-22-13-10-19(25)17-21(22)23(28)26-20-11-8-18(9-12-20)24(29)27-14-6-4-5-7-15-27/h8-13,17H,2-7,14-16H2,1H3,(H,26,28). The summed E-state index contributed by atoms with van der Waals surface area (Å²) >= 11 is 3.42. The van der Waals surface area contributed by atoms with Crippen molar-refractivity contribution in [1.82, 2.24) is 4.90 Å². The van der Waals surface area contributed by atoms with Gasteiger partial charge in [-0.15, -0.1) is 0 Å². The largest absolute Gasteiger partial charge is 0.493 e. The second-order valence-electron chi connectivity index (χ2n) is 7.58. The molecular weight excluding hydrogens is 444 g/mol. The Morgan fingerprint density at radius 2 is 1.73 bits per heavy atom.